The van der Waals surface area contributed by atoms with Crippen molar-refractivity contribution in [2.24, 2.45) is 7.05 Å². The molecule has 24 heavy (non-hydrogen) atoms. The minimum atomic E-state index is 0.0498. The monoisotopic (exact) mass is 328 g/mol. The molecular weight excluding hydrogens is 300 g/mol. The first kappa shape index (κ1) is 16.9. The Balaban J connectivity index is 1.49. The Morgan fingerprint density at radius 2 is 1.96 bits per heavy atom. The molecule has 0 amide bonds. The summed E-state index contributed by atoms with van der Waals surface area (Å²) in [5.74, 6) is 2.12. The van der Waals surface area contributed by atoms with Gasteiger partial charge in [0.2, 0.25) is 0 Å². The average molecular weight is 328 g/mol. The highest BCUT2D eigenvalue weighted by Crippen LogP contribution is 2.24. The van der Waals surface area contributed by atoms with Crippen LogP contribution in [-0.2, 0) is 18.9 Å². The molecule has 6 heteroatoms. The number of nitrogens with zero attached hydrogens (tertiary/aromatic N) is 6. The fourth-order valence-corrected chi connectivity index (χ4v) is 2.91. The van der Waals surface area contributed by atoms with Crippen LogP contribution in [0.2, 0.25) is 0 Å². The van der Waals surface area contributed by atoms with E-state index in [0.29, 0.717) is 6.04 Å². The molecule has 0 atom stereocenters. The van der Waals surface area contributed by atoms with Crippen molar-refractivity contribution in [1.29, 1.82) is 0 Å². The van der Waals surface area contributed by atoms with Gasteiger partial charge >= 0.3 is 0 Å². The summed E-state index contributed by atoms with van der Waals surface area (Å²) in [6.07, 6.45) is 4.84. The van der Waals surface area contributed by atoms with Gasteiger partial charge in [-0.15, -0.1) is 5.10 Å². The Hall–Kier alpha value is -1.95. The number of anilines is 1. The lowest BCUT2D eigenvalue weighted by atomic mass is 9.92. The van der Waals surface area contributed by atoms with Crippen LogP contribution < -0.4 is 4.90 Å². The van der Waals surface area contributed by atoms with E-state index in [4.69, 9.17) is 0 Å². The first-order valence-corrected chi connectivity index (χ1v) is 8.60. The van der Waals surface area contributed by atoms with Gasteiger partial charge in [0.25, 0.3) is 0 Å². The van der Waals surface area contributed by atoms with Gasteiger partial charge in [-0.25, -0.2) is 4.98 Å². The Kier molecular flexibility index (Phi) is 4.58. The van der Waals surface area contributed by atoms with Crippen molar-refractivity contribution >= 4 is 5.82 Å². The van der Waals surface area contributed by atoms with Crippen molar-refractivity contribution in [2.45, 2.75) is 38.6 Å². The number of rotatable bonds is 5. The molecule has 2 aromatic heterocycles. The van der Waals surface area contributed by atoms with Crippen LogP contribution in [0.4, 0.5) is 5.82 Å². The van der Waals surface area contributed by atoms with E-state index in [1.54, 1.807) is 0 Å². The first-order chi connectivity index (χ1) is 11.3. The molecule has 130 valence electrons. The highest BCUT2D eigenvalue weighted by atomic mass is 15.4. The summed E-state index contributed by atoms with van der Waals surface area (Å²) in [7, 11) is 4.24. The van der Waals surface area contributed by atoms with Gasteiger partial charge in [-0.3, -0.25) is 4.90 Å². The molecular formula is C18H28N6. The Morgan fingerprint density at radius 1 is 1.21 bits per heavy atom. The summed E-state index contributed by atoms with van der Waals surface area (Å²) in [4.78, 5) is 9.10. The SMILES string of the molecule is CN(CCc1nccn1C)C1CN(c2ccc(C(C)(C)C)nn2)C1. The van der Waals surface area contributed by atoms with Crippen LogP contribution in [0.1, 0.15) is 32.3 Å². The van der Waals surface area contributed by atoms with Crippen LogP contribution in [0.15, 0.2) is 24.5 Å². The number of hydrogen-bond acceptors (Lipinski definition) is 5. The van der Waals surface area contributed by atoms with Gasteiger partial charge in [-0.2, -0.15) is 5.10 Å². The molecule has 0 radical (unpaired) electrons. The third-order valence-electron chi connectivity index (χ3n) is 4.84. The second-order valence-electron chi connectivity index (χ2n) is 7.77. The number of imidazole rings is 1. The number of aromatic nitrogens is 4. The van der Waals surface area contributed by atoms with Crippen LogP contribution in [0.25, 0.3) is 0 Å². The lowest BCUT2D eigenvalue weighted by Gasteiger charge is -2.44. The molecule has 1 fully saturated rings. The molecule has 1 saturated heterocycles. The quantitative estimate of drug-likeness (QED) is 0.839. The van der Waals surface area contributed by atoms with E-state index in [9.17, 15) is 0 Å². The summed E-state index contributed by atoms with van der Waals surface area (Å²) >= 11 is 0. The zero-order valence-corrected chi connectivity index (χ0v) is 15.4. The third-order valence-corrected chi connectivity index (χ3v) is 4.84. The maximum atomic E-state index is 4.40. The predicted octanol–water partition coefficient (Wildman–Crippen LogP) is 1.87. The van der Waals surface area contributed by atoms with Gasteiger partial charge in [-0.05, 0) is 19.2 Å². The van der Waals surface area contributed by atoms with E-state index < -0.39 is 0 Å². The van der Waals surface area contributed by atoms with Crippen molar-refractivity contribution in [3.8, 4) is 0 Å². The molecule has 0 N–H and O–H groups in total. The first-order valence-electron chi connectivity index (χ1n) is 8.60. The van der Waals surface area contributed by atoms with Crippen LogP contribution in [0, 0.1) is 0 Å². The third kappa shape index (κ3) is 3.59. The molecule has 1 aliphatic heterocycles. The molecule has 3 rings (SSSR count). The average Bonchev–Trinajstić information content (AvgIpc) is 2.88. The van der Waals surface area contributed by atoms with E-state index in [1.165, 1.54) is 0 Å². The zero-order chi connectivity index (χ0) is 17.3. The summed E-state index contributed by atoms with van der Waals surface area (Å²) in [6.45, 7) is 9.53. The minimum absolute atomic E-state index is 0.0498. The van der Waals surface area contributed by atoms with E-state index in [1.807, 2.05) is 19.4 Å². The van der Waals surface area contributed by atoms with Crippen molar-refractivity contribution < 1.29 is 0 Å². The van der Waals surface area contributed by atoms with Crippen LogP contribution in [0.5, 0.6) is 0 Å². The molecule has 0 aliphatic carbocycles. The van der Waals surface area contributed by atoms with Crippen molar-refractivity contribution in [3.63, 3.8) is 0 Å². The van der Waals surface area contributed by atoms with E-state index in [0.717, 1.165) is 43.4 Å². The highest BCUT2D eigenvalue weighted by molar-refractivity contribution is 5.42. The lowest BCUT2D eigenvalue weighted by molar-refractivity contribution is 0.205. The highest BCUT2D eigenvalue weighted by Gasteiger charge is 2.31. The smallest absolute Gasteiger partial charge is 0.151 e. The molecule has 0 unspecified atom stereocenters. The van der Waals surface area contributed by atoms with Crippen LogP contribution in [-0.4, -0.2) is 57.4 Å². The molecule has 0 spiro atoms. The van der Waals surface area contributed by atoms with E-state index in [-0.39, 0.29) is 5.41 Å². The lowest BCUT2D eigenvalue weighted by Crippen LogP contribution is -2.59. The molecule has 6 nitrogen and oxygen atoms in total. The molecule has 0 aromatic carbocycles. The second-order valence-corrected chi connectivity index (χ2v) is 7.77. The number of likely N-dealkylation sites (N-methyl/N-ethyl adjacent to an activating group) is 1. The summed E-state index contributed by atoms with van der Waals surface area (Å²) in [5.41, 5.74) is 1.09. The van der Waals surface area contributed by atoms with Crippen molar-refractivity contribution in [1.82, 2.24) is 24.6 Å². The number of hydrogen-bond donors (Lipinski definition) is 0. The fourth-order valence-electron chi connectivity index (χ4n) is 2.91. The standard InChI is InChI=1S/C18H28N6/c1-18(2,3)15-6-7-17(21-20-15)24-12-14(13-24)22(4)10-8-16-19-9-11-23(16)5/h6-7,9,11,14H,8,10,12-13H2,1-5H3. The summed E-state index contributed by atoms with van der Waals surface area (Å²) in [5, 5.41) is 8.79. The molecule has 0 bridgehead atoms. The molecule has 0 saturated carbocycles. The Morgan fingerprint density at radius 3 is 2.50 bits per heavy atom. The molecule has 1 aliphatic rings. The van der Waals surface area contributed by atoms with Gasteiger partial charge in [0.1, 0.15) is 5.82 Å². The van der Waals surface area contributed by atoms with Gasteiger partial charge in [-0.1, -0.05) is 20.8 Å². The largest absolute Gasteiger partial charge is 0.352 e. The molecule has 3 heterocycles. The zero-order valence-electron chi connectivity index (χ0n) is 15.4. The minimum Gasteiger partial charge on any atom is -0.352 e. The maximum absolute atomic E-state index is 4.40. The van der Waals surface area contributed by atoms with Gasteiger partial charge in [0.15, 0.2) is 5.82 Å². The Bertz CT molecular complexity index is 664. The van der Waals surface area contributed by atoms with Gasteiger partial charge in [0, 0.05) is 57.0 Å². The molecule has 2 aromatic rings. The van der Waals surface area contributed by atoms with E-state index in [2.05, 4.69) is 69.5 Å². The maximum Gasteiger partial charge on any atom is 0.151 e. The number of aryl methyl sites for hydroxylation is 1. The van der Waals surface area contributed by atoms with Gasteiger partial charge < -0.3 is 9.47 Å². The topological polar surface area (TPSA) is 50.1 Å². The summed E-state index contributed by atoms with van der Waals surface area (Å²) in [6, 6.07) is 4.77. The van der Waals surface area contributed by atoms with Crippen LogP contribution >= 0.6 is 0 Å². The normalized spacial score (nSPS) is 15.8. The van der Waals surface area contributed by atoms with Crippen LogP contribution in [0.3, 0.4) is 0 Å². The Labute approximate surface area is 144 Å². The van der Waals surface area contributed by atoms with Gasteiger partial charge in [0.05, 0.1) is 5.69 Å². The fraction of sp³-hybridized carbons (Fsp3) is 0.611. The second kappa shape index (κ2) is 6.51. The van der Waals surface area contributed by atoms with E-state index >= 15 is 0 Å². The van der Waals surface area contributed by atoms with Crippen molar-refractivity contribution in [2.75, 3.05) is 31.6 Å². The summed E-state index contributed by atoms with van der Waals surface area (Å²) < 4.78 is 2.09. The van der Waals surface area contributed by atoms with Crippen molar-refractivity contribution in [3.05, 3.63) is 36.0 Å². The predicted molar refractivity (Wildman–Crippen MR) is 96.3 cm³/mol.